The Balaban J connectivity index is 1.79. The zero-order valence-corrected chi connectivity index (χ0v) is 12.1. The number of hydrogen-bond acceptors (Lipinski definition) is 5. The van der Waals surface area contributed by atoms with Crippen molar-refractivity contribution in [2.75, 3.05) is 18.8 Å². The van der Waals surface area contributed by atoms with Crippen LogP contribution in [0, 0.1) is 0 Å². The van der Waals surface area contributed by atoms with Gasteiger partial charge in [-0.05, 0) is 0 Å². The van der Waals surface area contributed by atoms with Crippen molar-refractivity contribution in [3.63, 3.8) is 0 Å². The zero-order valence-electron chi connectivity index (χ0n) is 11.3. The second-order valence-electron chi connectivity index (χ2n) is 4.57. The molecule has 1 aliphatic rings. The molecule has 0 saturated carbocycles. The van der Waals surface area contributed by atoms with E-state index in [4.69, 9.17) is 0 Å². The lowest BCUT2D eigenvalue weighted by atomic mass is 10.1. The first kappa shape index (κ1) is 14.9. The van der Waals surface area contributed by atoms with Gasteiger partial charge in [-0.1, -0.05) is 6.92 Å². The first-order chi connectivity index (χ1) is 9.52. The molecular weight excluding hydrogens is 282 g/mol. The van der Waals surface area contributed by atoms with Gasteiger partial charge in [0.2, 0.25) is 15.9 Å². The molecule has 1 aromatic heterocycles. The second-order valence-corrected chi connectivity index (χ2v) is 6.50. The average molecular weight is 301 g/mol. The zero-order chi connectivity index (χ0) is 14.6. The Kier molecular flexibility index (Phi) is 4.73. The molecule has 0 bridgehead atoms. The highest BCUT2D eigenvalue weighted by Gasteiger charge is 2.25. The van der Waals surface area contributed by atoms with Gasteiger partial charge >= 0.3 is 0 Å². The average Bonchev–Trinajstić information content (AvgIpc) is 2.85. The molecule has 20 heavy (non-hydrogen) atoms. The van der Waals surface area contributed by atoms with Crippen LogP contribution in [0.3, 0.4) is 0 Å². The maximum Gasteiger partial charge on any atom is 0.237 e. The number of aromatic nitrogens is 2. The van der Waals surface area contributed by atoms with Gasteiger partial charge in [0.15, 0.2) is 0 Å². The minimum Gasteiger partial charge on any atom is -0.354 e. The van der Waals surface area contributed by atoms with Gasteiger partial charge in [-0.15, -0.1) is 0 Å². The molecule has 0 fully saturated rings. The second kappa shape index (κ2) is 6.33. The summed E-state index contributed by atoms with van der Waals surface area (Å²) in [5.41, 5.74) is 1.87. The number of rotatable bonds is 6. The number of amides is 1. The smallest absolute Gasteiger partial charge is 0.237 e. The molecule has 0 aromatic carbocycles. The highest BCUT2D eigenvalue weighted by Crippen LogP contribution is 2.11. The SMILES string of the molecule is CCNS(=O)(=O)CCNC(=O)C1Cc2nc[nH]c2CN1. The predicted octanol–water partition coefficient (Wildman–Crippen LogP) is -1.52. The first-order valence-electron chi connectivity index (χ1n) is 6.51. The molecule has 9 heteroatoms. The van der Waals surface area contributed by atoms with E-state index in [9.17, 15) is 13.2 Å². The van der Waals surface area contributed by atoms with E-state index in [0.717, 1.165) is 11.4 Å². The number of H-pyrrole nitrogens is 1. The molecule has 1 amide bonds. The summed E-state index contributed by atoms with van der Waals surface area (Å²) in [5, 5.41) is 5.72. The van der Waals surface area contributed by atoms with Gasteiger partial charge in [-0.2, -0.15) is 0 Å². The van der Waals surface area contributed by atoms with Crippen LogP contribution in [0.15, 0.2) is 6.33 Å². The topological polar surface area (TPSA) is 116 Å². The molecule has 8 nitrogen and oxygen atoms in total. The largest absolute Gasteiger partial charge is 0.354 e. The number of fused-ring (bicyclic) bond motifs is 1. The molecule has 0 spiro atoms. The maximum atomic E-state index is 11.9. The lowest BCUT2D eigenvalue weighted by molar-refractivity contribution is -0.123. The van der Waals surface area contributed by atoms with Gasteiger partial charge in [-0.3, -0.25) is 10.1 Å². The Morgan fingerprint density at radius 3 is 3.10 bits per heavy atom. The fourth-order valence-electron chi connectivity index (χ4n) is 2.08. The van der Waals surface area contributed by atoms with Gasteiger partial charge in [-0.25, -0.2) is 18.1 Å². The number of nitrogens with one attached hydrogen (secondary N) is 4. The van der Waals surface area contributed by atoms with Crippen LogP contribution < -0.4 is 15.4 Å². The van der Waals surface area contributed by atoms with Gasteiger partial charge in [0.05, 0.1) is 29.5 Å². The first-order valence-corrected chi connectivity index (χ1v) is 8.16. The number of sulfonamides is 1. The highest BCUT2D eigenvalue weighted by atomic mass is 32.2. The van der Waals surface area contributed by atoms with Crippen molar-refractivity contribution < 1.29 is 13.2 Å². The third-order valence-electron chi connectivity index (χ3n) is 3.08. The normalized spacial score (nSPS) is 18.6. The fourth-order valence-corrected chi connectivity index (χ4v) is 3.03. The fraction of sp³-hybridized carbons (Fsp3) is 0.636. The third-order valence-corrected chi connectivity index (χ3v) is 4.55. The molecule has 112 valence electrons. The number of aromatic amines is 1. The summed E-state index contributed by atoms with van der Waals surface area (Å²) < 4.78 is 25.2. The van der Waals surface area contributed by atoms with Crippen molar-refractivity contribution in [3.8, 4) is 0 Å². The Morgan fingerprint density at radius 2 is 2.35 bits per heavy atom. The van der Waals surface area contributed by atoms with E-state index < -0.39 is 10.0 Å². The van der Waals surface area contributed by atoms with Crippen molar-refractivity contribution in [2.24, 2.45) is 0 Å². The molecule has 1 atom stereocenters. The molecule has 1 aliphatic heterocycles. The van der Waals surface area contributed by atoms with E-state index >= 15 is 0 Å². The van der Waals surface area contributed by atoms with E-state index in [1.165, 1.54) is 0 Å². The Hall–Kier alpha value is -1.45. The molecule has 0 radical (unpaired) electrons. The Morgan fingerprint density at radius 1 is 1.55 bits per heavy atom. The number of carbonyl (C=O) groups excluding carboxylic acids is 1. The number of carbonyl (C=O) groups is 1. The minimum atomic E-state index is -3.30. The quantitative estimate of drug-likeness (QED) is 0.509. The number of imidazole rings is 1. The standard InChI is InChI=1S/C11H19N5O3S/c1-2-16-20(18,19)4-3-12-11(17)9-5-8-10(6-13-9)15-7-14-8/h7,9,13,16H,2-6H2,1H3,(H,12,17)(H,14,15). The summed E-state index contributed by atoms with van der Waals surface area (Å²) >= 11 is 0. The molecule has 0 aliphatic carbocycles. The van der Waals surface area contributed by atoms with E-state index in [-0.39, 0.29) is 24.2 Å². The Bertz CT molecular complexity index is 568. The van der Waals surface area contributed by atoms with Crippen LogP contribution >= 0.6 is 0 Å². The van der Waals surface area contributed by atoms with Crippen LogP contribution in [0.5, 0.6) is 0 Å². The lowest BCUT2D eigenvalue weighted by Crippen LogP contribution is -2.48. The molecule has 2 heterocycles. The van der Waals surface area contributed by atoms with Gasteiger partial charge in [0.25, 0.3) is 0 Å². The predicted molar refractivity (Wildman–Crippen MR) is 73.4 cm³/mol. The Labute approximate surface area is 117 Å². The van der Waals surface area contributed by atoms with Gasteiger partial charge < -0.3 is 10.3 Å². The third kappa shape index (κ3) is 3.78. The molecule has 0 saturated heterocycles. The number of hydrogen-bond donors (Lipinski definition) is 4. The van der Waals surface area contributed by atoms with Crippen LogP contribution in [0.25, 0.3) is 0 Å². The maximum absolute atomic E-state index is 11.9. The van der Waals surface area contributed by atoms with Crippen LogP contribution in [0.2, 0.25) is 0 Å². The van der Waals surface area contributed by atoms with Crippen LogP contribution in [-0.2, 0) is 27.8 Å². The van der Waals surface area contributed by atoms with Gasteiger partial charge in [0.1, 0.15) is 0 Å². The summed E-state index contributed by atoms with van der Waals surface area (Å²) in [6.07, 6.45) is 2.11. The monoisotopic (exact) mass is 301 g/mol. The van der Waals surface area contributed by atoms with Crippen molar-refractivity contribution >= 4 is 15.9 Å². The molecule has 4 N–H and O–H groups in total. The summed E-state index contributed by atoms with van der Waals surface area (Å²) in [6, 6.07) is -0.368. The highest BCUT2D eigenvalue weighted by molar-refractivity contribution is 7.89. The lowest BCUT2D eigenvalue weighted by Gasteiger charge is -2.22. The number of nitrogens with zero attached hydrogens (tertiary/aromatic N) is 1. The summed E-state index contributed by atoms with van der Waals surface area (Å²) in [7, 11) is -3.30. The van der Waals surface area contributed by atoms with Crippen molar-refractivity contribution in [3.05, 3.63) is 17.7 Å². The summed E-state index contributed by atoms with van der Waals surface area (Å²) in [4.78, 5) is 19.1. The molecular formula is C11H19N5O3S. The van der Waals surface area contributed by atoms with E-state index in [0.29, 0.717) is 19.5 Å². The van der Waals surface area contributed by atoms with E-state index in [1.807, 2.05) is 0 Å². The molecule has 1 aromatic rings. The van der Waals surface area contributed by atoms with Crippen LogP contribution in [0.4, 0.5) is 0 Å². The minimum absolute atomic E-state index is 0.0970. The van der Waals surface area contributed by atoms with Crippen LogP contribution in [0.1, 0.15) is 18.3 Å². The van der Waals surface area contributed by atoms with Crippen molar-refractivity contribution in [2.45, 2.75) is 25.9 Å². The van der Waals surface area contributed by atoms with Crippen molar-refractivity contribution in [1.82, 2.24) is 25.3 Å². The summed E-state index contributed by atoms with van der Waals surface area (Å²) in [5.74, 6) is -0.321. The van der Waals surface area contributed by atoms with E-state index in [1.54, 1.807) is 13.3 Å². The van der Waals surface area contributed by atoms with Crippen molar-refractivity contribution in [1.29, 1.82) is 0 Å². The van der Waals surface area contributed by atoms with E-state index in [2.05, 4.69) is 25.3 Å². The van der Waals surface area contributed by atoms with Crippen LogP contribution in [-0.4, -0.2) is 49.2 Å². The molecule has 1 unspecified atom stereocenters. The molecule has 2 rings (SSSR count). The summed E-state index contributed by atoms with van der Waals surface area (Å²) in [6.45, 7) is 2.72. The van der Waals surface area contributed by atoms with Gasteiger partial charge in [0, 0.05) is 26.1 Å².